The maximum Gasteiger partial charge on any atom is 0.243 e. The molecule has 2 aliphatic rings. The Kier molecular flexibility index (Phi) is 8.37. The molecule has 4 amide bonds. The lowest BCUT2D eigenvalue weighted by atomic mass is 9.93. The van der Waals surface area contributed by atoms with Crippen molar-refractivity contribution in [2.45, 2.75) is 76.3 Å². The minimum absolute atomic E-state index is 0.0272. The molecule has 1 saturated carbocycles. The van der Waals surface area contributed by atoms with E-state index in [2.05, 4.69) is 15.6 Å². The van der Waals surface area contributed by atoms with Gasteiger partial charge in [0, 0.05) is 30.1 Å². The van der Waals surface area contributed by atoms with Gasteiger partial charge >= 0.3 is 0 Å². The lowest BCUT2D eigenvalue weighted by Crippen LogP contribution is -2.59. The van der Waals surface area contributed by atoms with Gasteiger partial charge in [-0.2, -0.15) is 0 Å². The molecular weight excluding hydrogens is 490 g/mol. The molecule has 4 rings (SSSR count). The molecule has 2 heterocycles. The first kappa shape index (κ1) is 27.6. The van der Waals surface area contributed by atoms with Crippen molar-refractivity contribution in [1.82, 2.24) is 20.5 Å². The van der Waals surface area contributed by atoms with Crippen molar-refractivity contribution in [1.29, 1.82) is 0 Å². The van der Waals surface area contributed by atoms with Crippen LogP contribution in [0.3, 0.4) is 0 Å². The number of aromatic amines is 1. The zero-order valence-corrected chi connectivity index (χ0v) is 21.7. The van der Waals surface area contributed by atoms with Crippen LogP contribution in [0.2, 0.25) is 0 Å². The van der Waals surface area contributed by atoms with Crippen molar-refractivity contribution in [2.75, 3.05) is 6.54 Å². The van der Waals surface area contributed by atoms with Crippen molar-refractivity contribution in [3.05, 3.63) is 36.0 Å². The zero-order valence-electron chi connectivity index (χ0n) is 21.7. The Bertz CT molecular complexity index is 1190. The van der Waals surface area contributed by atoms with Crippen molar-refractivity contribution in [3.63, 3.8) is 0 Å². The molecule has 1 aliphatic carbocycles. The molecule has 0 bridgehead atoms. The molecule has 7 atom stereocenters. The molecule has 0 unspecified atom stereocenters. The molecule has 7 N–H and O–H groups in total. The quantitative estimate of drug-likeness (QED) is 0.252. The molecule has 11 heteroatoms. The summed E-state index contributed by atoms with van der Waals surface area (Å²) in [5.74, 6) is -2.15. The predicted molar refractivity (Wildman–Crippen MR) is 139 cm³/mol. The first-order valence-electron chi connectivity index (χ1n) is 13.2. The average Bonchev–Trinajstić information content (AvgIpc) is 3.55. The van der Waals surface area contributed by atoms with Gasteiger partial charge in [0.15, 0.2) is 0 Å². The molecule has 38 heavy (non-hydrogen) atoms. The van der Waals surface area contributed by atoms with Gasteiger partial charge in [0.05, 0.1) is 18.6 Å². The number of aromatic nitrogens is 1. The van der Waals surface area contributed by atoms with E-state index in [1.807, 2.05) is 24.3 Å². The molecule has 0 spiro atoms. The number of likely N-dealkylation sites (tertiary alicyclic amines) is 1. The fourth-order valence-electron chi connectivity index (χ4n) is 5.94. The Labute approximate surface area is 221 Å². The number of hydrogen-bond acceptors (Lipinski definition) is 6. The maximum atomic E-state index is 13.8. The minimum Gasteiger partial charge on any atom is -0.393 e. The summed E-state index contributed by atoms with van der Waals surface area (Å²) in [6, 6.07) is 4.36. The van der Waals surface area contributed by atoms with Gasteiger partial charge in [-0.3, -0.25) is 19.2 Å². The third-order valence-corrected chi connectivity index (χ3v) is 7.77. The number of carbonyl (C=O) groups excluding carboxylic acids is 4. The fourth-order valence-corrected chi connectivity index (χ4v) is 5.94. The highest BCUT2D eigenvalue weighted by Crippen LogP contribution is 2.42. The summed E-state index contributed by atoms with van der Waals surface area (Å²) in [5, 5.41) is 25.9. The van der Waals surface area contributed by atoms with Crippen LogP contribution in [0.4, 0.5) is 0 Å². The number of amides is 4. The molecule has 2 fully saturated rings. The summed E-state index contributed by atoms with van der Waals surface area (Å²) in [5.41, 5.74) is 7.02. The summed E-state index contributed by atoms with van der Waals surface area (Å²) in [6.45, 7) is 3.31. The highest BCUT2D eigenvalue weighted by atomic mass is 16.3. The molecule has 1 saturated heterocycles. The summed E-state index contributed by atoms with van der Waals surface area (Å²) < 4.78 is 0. The average molecular weight is 528 g/mol. The van der Waals surface area contributed by atoms with E-state index in [0.717, 1.165) is 35.7 Å². The molecule has 1 aromatic carbocycles. The smallest absolute Gasteiger partial charge is 0.243 e. The summed E-state index contributed by atoms with van der Waals surface area (Å²) in [4.78, 5) is 56.6. The predicted octanol–water partition coefficient (Wildman–Crippen LogP) is -0.0559. The first-order chi connectivity index (χ1) is 18.1. The number of fused-ring (bicyclic) bond motifs is 2. The third kappa shape index (κ3) is 5.83. The van der Waals surface area contributed by atoms with Crippen molar-refractivity contribution in [3.8, 4) is 0 Å². The van der Waals surface area contributed by atoms with Crippen LogP contribution in [0.25, 0.3) is 10.9 Å². The van der Waals surface area contributed by atoms with E-state index in [1.165, 1.54) is 13.8 Å². The number of aliphatic hydroxyl groups is 2. The fraction of sp³-hybridized carbons (Fsp3) is 0.556. The zero-order chi connectivity index (χ0) is 27.6. The third-order valence-electron chi connectivity index (χ3n) is 7.77. The molecule has 2 aromatic rings. The van der Waals surface area contributed by atoms with Gasteiger partial charge in [-0.25, -0.2) is 0 Å². The second-order valence-electron chi connectivity index (χ2n) is 10.7. The largest absolute Gasteiger partial charge is 0.393 e. The number of H-pyrrole nitrogens is 1. The highest BCUT2D eigenvalue weighted by molar-refractivity contribution is 5.95. The van der Waals surface area contributed by atoms with E-state index in [-0.39, 0.29) is 30.6 Å². The minimum atomic E-state index is -1.33. The SMILES string of the molecule is C[C@@H](O)CC(=O)N1C[C@@H]2CCC[C@@H]2[C@H]1C(=O)N[C@@H](Cc1c[nH]c2ccccc12)C(=O)N[C@H](C(N)=O)[C@@H](C)O. The number of benzene rings is 1. The van der Waals surface area contributed by atoms with Gasteiger partial charge in [0.1, 0.15) is 18.1 Å². The number of rotatable bonds is 10. The van der Waals surface area contributed by atoms with Crippen molar-refractivity contribution < 1.29 is 29.4 Å². The summed E-state index contributed by atoms with van der Waals surface area (Å²) in [6.07, 6.45) is 2.39. The maximum absolute atomic E-state index is 13.8. The van der Waals surface area contributed by atoms with Crippen LogP contribution in [0.1, 0.15) is 45.1 Å². The van der Waals surface area contributed by atoms with Crippen LogP contribution >= 0.6 is 0 Å². The lowest BCUT2D eigenvalue weighted by molar-refractivity contribution is -0.142. The van der Waals surface area contributed by atoms with E-state index in [9.17, 15) is 29.4 Å². The van der Waals surface area contributed by atoms with E-state index in [4.69, 9.17) is 5.73 Å². The van der Waals surface area contributed by atoms with E-state index < -0.39 is 48.1 Å². The number of aliphatic hydroxyl groups excluding tert-OH is 2. The number of nitrogens with zero attached hydrogens (tertiary/aromatic N) is 1. The second-order valence-corrected chi connectivity index (χ2v) is 10.7. The number of para-hydroxylation sites is 1. The molecule has 1 aliphatic heterocycles. The van der Waals surface area contributed by atoms with Gasteiger partial charge in [0.25, 0.3) is 0 Å². The van der Waals surface area contributed by atoms with E-state index in [0.29, 0.717) is 6.54 Å². The Morgan fingerprint density at radius 3 is 2.55 bits per heavy atom. The molecule has 0 radical (unpaired) electrons. The van der Waals surface area contributed by atoms with Gasteiger partial charge in [-0.1, -0.05) is 24.6 Å². The van der Waals surface area contributed by atoms with Crippen LogP contribution in [0.5, 0.6) is 0 Å². The van der Waals surface area contributed by atoms with Gasteiger partial charge in [-0.05, 0) is 50.2 Å². The summed E-state index contributed by atoms with van der Waals surface area (Å²) in [7, 11) is 0. The highest BCUT2D eigenvalue weighted by Gasteiger charge is 2.49. The Morgan fingerprint density at radius 2 is 1.87 bits per heavy atom. The van der Waals surface area contributed by atoms with Gasteiger partial charge in [-0.15, -0.1) is 0 Å². The van der Waals surface area contributed by atoms with Crippen LogP contribution in [0.15, 0.2) is 30.5 Å². The Morgan fingerprint density at radius 1 is 1.13 bits per heavy atom. The lowest BCUT2D eigenvalue weighted by Gasteiger charge is -2.30. The number of primary amides is 1. The van der Waals surface area contributed by atoms with Crippen LogP contribution < -0.4 is 16.4 Å². The Hall–Kier alpha value is -3.44. The normalized spacial score (nSPS) is 23.9. The number of hydrogen-bond donors (Lipinski definition) is 6. The number of carbonyl (C=O) groups is 4. The van der Waals surface area contributed by atoms with E-state index >= 15 is 0 Å². The van der Waals surface area contributed by atoms with Crippen molar-refractivity contribution >= 4 is 34.5 Å². The van der Waals surface area contributed by atoms with Crippen LogP contribution in [-0.2, 0) is 25.6 Å². The summed E-state index contributed by atoms with van der Waals surface area (Å²) >= 11 is 0. The van der Waals surface area contributed by atoms with Crippen molar-refractivity contribution in [2.24, 2.45) is 17.6 Å². The number of nitrogens with two attached hydrogens (primary N) is 1. The van der Waals surface area contributed by atoms with Gasteiger partial charge in [0.2, 0.25) is 23.6 Å². The van der Waals surface area contributed by atoms with Crippen LogP contribution in [-0.4, -0.2) is 80.6 Å². The molecule has 11 nitrogen and oxygen atoms in total. The number of nitrogens with one attached hydrogen (secondary N) is 3. The van der Waals surface area contributed by atoms with E-state index in [1.54, 1.807) is 11.1 Å². The monoisotopic (exact) mass is 527 g/mol. The Balaban J connectivity index is 1.60. The molecule has 206 valence electrons. The second kappa shape index (κ2) is 11.5. The first-order valence-corrected chi connectivity index (χ1v) is 13.2. The molecular formula is C27H37N5O6. The standard InChI is InChI=1S/C27H37N5O6/c1-14(33)10-22(35)32-13-16-6-5-8-19(16)24(32)27(38)30-21(26(37)31-23(15(2)34)25(28)36)11-17-12-29-20-9-4-3-7-18(17)20/h3-4,7,9,12,14-16,19,21,23-24,29,33-34H,5-6,8,10-11,13H2,1-2H3,(H2,28,36)(H,30,38)(H,31,37)/t14-,15-,16+,19+,21+,23+,24+/m1/s1. The molecule has 1 aromatic heterocycles. The van der Waals surface area contributed by atoms with Gasteiger partial charge < -0.3 is 36.5 Å². The topological polar surface area (TPSA) is 178 Å². The van der Waals surface area contributed by atoms with Crippen LogP contribution in [0, 0.1) is 11.8 Å².